The molecule has 0 radical (unpaired) electrons. The van der Waals surface area contributed by atoms with Crippen LogP contribution < -0.4 is 4.90 Å². The van der Waals surface area contributed by atoms with Gasteiger partial charge in [0.2, 0.25) is 5.82 Å². The zero-order valence-corrected chi connectivity index (χ0v) is 10.5. The molecule has 1 aromatic heterocycles. The minimum Gasteiger partial charge on any atom is -0.395 e. The maximum Gasteiger partial charge on any atom is 0.334 e. The molecule has 1 aromatic rings. The molecule has 0 bridgehead atoms. The zero-order chi connectivity index (χ0) is 13.7. The van der Waals surface area contributed by atoms with Crippen molar-refractivity contribution in [3.8, 4) is 0 Å². The molecule has 18 heavy (non-hydrogen) atoms. The number of aliphatic hydroxyl groups excluding tert-OH is 2. The van der Waals surface area contributed by atoms with Crippen LogP contribution in [0.4, 0.5) is 11.5 Å². The molecule has 102 valence electrons. The molecule has 0 aliphatic rings. The number of nitro groups is 1. The third-order valence-corrected chi connectivity index (χ3v) is 2.62. The Morgan fingerprint density at radius 2 is 1.94 bits per heavy atom. The minimum absolute atomic E-state index is 0.0538. The molecule has 0 aliphatic heterocycles. The van der Waals surface area contributed by atoms with Crippen molar-refractivity contribution in [2.24, 2.45) is 7.05 Å². The Labute approximate surface area is 105 Å². The van der Waals surface area contributed by atoms with E-state index in [9.17, 15) is 10.1 Å². The maximum absolute atomic E-state index is 11.1. The molecule has 8 nitrogen and oxygen atoms in total. The highest BCUT2D eigenvalue weighted by Gasteiger charge is 2.29. The second-order valence-electron chi connectivity index (χ2n) is 3.79. The van der Waals surface area contributed by atoms with E-state index in [1.165, 1.54) is 4.68 Å². The number of nitrogens with zero attached hydrogens (tertiary/aromatic N) is 4. The van der Waals surface area contributed by atoms with Crippen molar-refractivity contribution in [1.82, 2.24) is 9.78 Å². The van der Waals surface area contributed by atoms with Gasteiger partial charge in [0.05, 0.1) is 18.1 Å². The third-order valence-electron chi connectivity index (χ3n) is 2.62. The molecule has 2 N–H and O–H groups in total. The summed E-state index contributed by atoms with van der Waals surface area (Å²) in [7, 11) is 1.61. The Bertz CT molecular complexity index is 412. The maximum atomic E-state index is 11.1. The monoisotopic (exact) mass is 258 g/mol. The number of aromatic nitrogens is 2. The van der Waals surface area contributed by atoms with E-state index in [2.05, 4.69) is 5.10 Å². The summed E-state index contributed by atoms with van der Waals surface area (Å²) in [4.78, 5) is 12.2. The first-order chi connectivity index (χ1) is 8.56. The molecule has 0 aliphatic carbocycles. The van der Waals surface area contributed by atoms with Crippen LogP contribution in [0, 0.1) is 10.1 Å². The largest absolute Gasteiger partial charge is 0.395 e. The fraction of sp³-hybridized carbons (Fsp3) is 0.700. The van der Waals surface area contributed by atoms with Crippen LogP contribution in [-0.2, 0) is 13.5 Å². The second-order valence-corrected chi connectivity index (χ2v) is 3.79. The molecular weight excluding hydrogens is 240 g/mol. The summed E-state index contributed by atoms with van der Waals surface area (Å²) in [6.07, 6.45) is 0.455. The number of aryl methyl sites for hydroxylation is 2. The Hall–Kier alpha value is -1.67. The fourth-order valence-corrected chi connectivity index (χ4v) is 1.90. The summed E-state index contributed by atoms with van der Waals surface area (Å²) < 4.78 is 1.42. The topological polar surface area (TPSA) is 105 Å². The first-order valence-electron chi connectivity index (χ1n) is 5.73. The molecule has 8 heteroatoms. The van der Waals surface area contributed by atoms with Gasteiger partial charge in [0.1, 0.15) is 5.69 Å². The van der Waals surface area contributed by atoms with E-state index in [0.29, 0.717) is 17.9 Å². The molecule has 0 amide bonds. The number of hydrogen-bond acceptors (Lipinski definition) is 6. The molecule has 1 rings (SSSR count). The lowest BCUT2D eigenvalue weighted by atomic mass is 10.3. The lowest BCUT2D eigenvalue weighted by Crippen LogP contribution is -2.31. The SMILES string of the molecule is CCc1nn(C)c(N(CCO)CCO)c1[N+](=O)[O-]. The van der Waals surface area contributed by atoms with E-state index < -0.39 is 4.92 Å². The Morgan fingerprint density at radius 3 is 2.33 bits per heavy atom. The normalized spacial score (nSPS) is 10.7. The van der Waals surface area contributed by atoms with E-state index in [-0.39, 0.29) is 32.0 Å². The fourth-order valence-electron chi connectivity index (χ4n) is 1.90. The Kier molecular flexibility index (Phi) is 5.05. The molecule has 0 saturated carbocycles. The van der Waals surface area contributed by atoms with Crippen LogP contribution in [-0.4, -0.2) is 51.2 Å². The average Bonchev–Trinajstić information content (AvgIpc) is 2.66. The van der Waals surface area contributed by atoms with E-state index in [1.54, 1.807) is 18.9 Å². The van der Waals surface area contributed by atoms with Gasteiger partial charge in [-0.2, -0.15) is 5.10 Å². The van der Waals surface area contributed by atoms with Crippen molar-refractivity contribution in [2.75, 3.05) is 31.2 Å². The quantitative estimate of drug-likeness (QED) is 0.513. The zero-order valence-electron chi connectivity index (χ0n) is 10.5. The summed E-state index contributed by atoms with van der Waals surface area (Å²) >= 11 is 0. The van der Waals surface area contributed by atoms with Gasteiger partial charge in [-0.15, -0.1) is 0 Å². The van der Waals surface area contributed by atoms with Gasteiger partial charge < -0.3 is 15.1 Å². The molecule has 0 fully saturated rings. The molecule has 0 saturated heterocycles. The van der Waals surface area contributed by atoms with E-state index in [0.717, 1.165) is 0 Å². The highest BCUT2D eigenvalue weighted by atomic mass is 16.6. The number of hydrogen-bond donors (Lipinski definition) is 2. The standard InChI is InChI=1S/C10H18N4O4/c1-3-8-9(14(17)18)10(12(2)11-8)13(4-6-15)5-7-16/h15-16H,3-7H2,1-2H3. The first kappa shape index (κ1) is 14.4. The number of aliphatic hydroxyl groups is 2. The van der Waals surface area contributed by atoms with Gasteiger partial charge in [0.25, 0.3) is 0 Å². The van der Waals surface area contributed by atoms with Gasteiger partial charge in [-0.25, -0.2) is 4.68 Å². The summed E-state index contributed by atoms with van der Waals surface area (Å²) in [6.45, 7) is 1.92. The van der Waals surface area contributed by atoms with Crippen molar-refractivity contribution in [2.45, 2.75) is 13.3 Å². The van der Waals surface area contributed by atoms with Gasteiger partial charge in [-0.05, 0) is 6.42 Å². The predicted molar refractivity (Wildman–Crippen MR) is 65.6 cm³/mol. The number of rotatable bonds is 7. The van der Waals surface area contributed by atoms with Crippen LogP contribution in [0.25, 0.3) is 0 Å². The molecule has 0 unspecified atom stereocenters. The average molecular weight is 258 g/mol. The van der Waals surface area contributed by atoms with Crippen LogP contribution in [0.15, 0.2) is 0 Å². The van der Waals surface area contributed by atoms with Gasteiger partial charge >= 0.3 is 5.69 Å². The summed E-state index contributed by atoms with van der Waals surface area (Å²) in [5.41, 5.74) is 0.347. The van der Waals surface area contributed by atoms with Crippen LogP contribution in [0.3, 0.4) is 0 Å². The second kappa shape index (κ2) is 6.31. The van der Waals surface area contributed by atoms with E-state index in [1.807, 2.05) is 0 Å². The third kappa shape index (κ3) is 2.77. The van der Waals surface area contributed by atoms with E-state index >= 15 is 0 Å². The van der Waals surface area contributed by atoms with Gasteiger partial charge in [-0.1, -0.05) is 6.92 Å². The van der Waals surface area contributed by atoms with Crippen molar-refractivity contribution in [1.29, 1.82) is 0 Å². The number of anilines is 1. The molecule has 0 atom stereocenters. The first-order valence-corrected chi connectivity index (χ1v) is 5.73. The summed E-state index contributed by atoms with van der Waals surface area (Å²) in [5.74, 6) is 0.319. The molecular formula is C10H18N4O4. The smallest absolute Gasteiger partial charge is 0.334 e. The molecule has 0 aromatic carbocycles. The van der Waals surface area contributed by atoms with Crippen molar-refractivity contribution < 1.29 is 15.1 Å². The highest BCUT2D eigenvalue weighted by Crippen LogP contribution is 2.31. The summed E-state index contributed by atoms with van der Waals surface area (Å²) in [6, 6.07) is 0. The lowest BCUT2D eigenvalue weighted by Gasteiger charge is -2.21. The van der Waals surface area contributed by atoms with Gasteiger partial charge in [0, 0.05) is 20.1 Å². The van der Waals surface area contributed by atoms with Crippen LogP contribution in [0.2, 0.25) is 0 Å². The highest BCUT2D eigenvalue weighted by molar-refractivity contribution is 5.61. The minimum atomic E-state index is -0.469. The van der Waals surface area contributed by atoms with Crippen LogP contribution >= 0.6 is 0 Å². The van der Waals surface area contributed by atoms with Crippen LogP contribution in [0.1, 0.15) is 12.6 Å². The van der Waals surface area contributed by atoms with Crippen molar-refractivity contribution >= 4 is 11.5 Å². The van der Waals surface area contributed by atoms with Gasteiger partial charge in [-0.3, -0.25) is 10.1 Å². The van der Waals surface area contributed by atoms with Crippen LogP contribution in [0.5, 0.6) is 0 Å². The Balaban J connectivity index is 3.26. The summed E-state index contributed by atoms with van der Waals surface area (Å²) in [5, 5.41) is 33.2. The molecule has 1 heterocycles. The van der Waals surface area contributed by atoms with E-state index in [4.69, 9.17) is 10.2 Å². The Morgan fingerprint density at radius 1 is 1.39 bits per heavy atom. The predicted octanol–water partition coefficient (Wildman–Crippen LogP) is -0.318. The lowest BCUT2D eigenvalue weighted by molar-refractivity contribution is -0.384. The molecule has 0 spiro atoms. The van der Waals surface area contributed by atoms with Crippen molar-refractivity contribution in [3.63, 3.8) is 0 Å². The van der Waals surface area contributed by atoms with Crippen molar-refractivity contribution in [3.05, 3.63) is 15.8 Å². The van der Waals surface area contributed by atoms with Gasteiger partial charge in [0.15, 0.2) is 0 Å².